The van der Waals surface area contributed by atoms with Crippen molar-refractivity contribution in [3.8, 4) is 0 Å². The molecule has 1 aliphatic heterocycles. The molecule has 1 aliphatic rings. The lowest BCUT2D eigenvalue weighted by molar-refractivity contribution is 1.11. The Bertz CT molecular complexity index is 392. The molecule has 2 rings (SSSR count). The molecule has 1 heterocycles. The van der Waals surface area contributed by atoms with Gasteiger partial charge in [-0.25, -0.2) is 10.3 Å². The molecular weight excluding hydrogens is 198 g/mol. The zero-order valence-corrected chi connectivity index (χ0v) is 8.20. The third kappa shape index (κ3) is 1.78. The van der Waals surface area contributed by atoms with E-state index < -0.39 is 0 Å². The Labute approximate surface area is 87.3 Å². The van der Waals surface area contributed by atoms with Crippen LogP contribution < -0.4 is 11.1 Å². The highest BCUT2D eigenvalue weighted by atomic mass is 35.5. The first kappa shape index (κ1) is 9.24. The Morgan fingerprint density at radius 1 is 1.21 bits per heavy atom. The van der Waals surface area contributed by atoms with Crippen LogP contribution in [0.1, 0.15) is 5.56 Å². The zero-order valence-electron chi connectivity index (χ0n) is 7.44. The summed E-state index contributed by atoms with van der Waals surface area (Å²) in [7, 11) is 0. The van der Waals surface area contributed by atoms with Gasteiger partial charge in [-0.3, -0.25) is 0 Å². The number of nitrogens with two attached hydrogens (primary N) is 1. The van der Waals surface area contributed by atoms with Gasteiger partial charge in [0.1, 0.15) is 0 Å². The van der Waals surface area contributed by atoms with Crippen molar-refractivity contribution in [1.29, 1.82) is 0 Å². The summed E-state index contributed by atoms with van der Waals surface area (Å²) in [5.41, 5.74) is 7.20. The van der Waals surface area contributed by atoms with Crippen LogP contribution in [0.15, 0.2) is 41.2 Å². The highest BCUT2D eigenvalue weighted by Gasteiger charge is 2.10. The number of amidine groups is 1. The normalized spacial score (nSPS) is 14.7. The Morgan fingerprint density at radius 2 is 1.93 bits per heavy atom. The Morgan fingerprint density at radius 3 is 2.50 bits per heavy atom. The first-order valence-corrected chi connectivity index (χ1v) is 4.62. The van der Waals surface area contributed by atoms with E-state index in [1.165, 1.54) is 0 Å². The lowest BCUT2D eigenvalue weighted by Crippen LogP contribution is -2.07. The smallest absolute Gasteiger partial charge is 0.159 e. The van der Waals surface area contributed by atoms with E-state index in [2.05, 4.69) is 10.3 Å². The minimum atomic E-state index is 0.417. The van der Waals surface area contributed by atoms with Gasteiger partial charge in [-0.05, 0) is 24.3 Å². The lowest BCUT2D eigenvalue weighted by Gasteiger charge is -1.98. The largest absolute Gasteiger partial charge is 0.325 e. The molecule has 0 bridgehead atoms. The fourth-order valence-electron chi connectivity index (χ4n) is 1.17. The van der Waals surface area contributed by atoms with E-state index in [0.717, 1.165) is 11.3 Å². The maximum absolute atomic E-state index is 5.77. The second-order valence-electron chi connectivity index (χ2n) is 2.90. The third-order valence-electron chi connectivity index (χ3n) is 1.90. The topological polar surface area (TPSA) is 52.5 Å². The molecule has 0 spiro atoms. The SMILES string of the molecule is NCC1=C[N]C(c2ccc(Cl)cc2)=N1. The molecule has 0 fully saturated rings. The van der Waals surface area contributed by atoms with Crippen LogP contribution in [0.25, 0.3) is 0 Å². The summed E-state index contributed by atoms with van der Waals surface area (Å²) in [6, 6.07) is 7.40. The van der Waals surface area contributed by atoms with Gasteiger partial charge in [-0.15, -0.1) is 0 Å². The average Bonchev–Trinajstić information content (AvgIpc) is 2.67. The van der Waals surface area contributed by atoms with Crippen LogP contribution >= 0.6 is 11.6 Å². The molecule has 14 heavy (non-hydrogen) atoms. The molecule has 4 heteroatoms. The molecule has 0 aliphatic carbocycles. The van der Waals surface area contributed by atoms with Crippen molar-refractivity contribution in [1.82, 2.24) is 5.32 Å². The fraction of sp³-hybridized carbons (Fsp3) is 0.100. The number of hydrogen-bond donors (Lipinski definition) is 1. The van der Waals surface area contributed by atoms with Gasteiger partial charge < -0.3 is 5.73 Å². The Balaban J connectivity index is 2.22. The third-order valence-corrected chi connectivity index (χ3v) is 2.15. The lowest BCUT2D eigenvalue weighted by atomic mass is 10.2. The number of hydrogen-bond acceptors (Lipinski definition) is 2. The van der Waals surface area contributed by atoms with E-state index in [1.807, 2.05) is 24.3 Å². The van der Waals surface area contributed by atoms with Crippen LogP contribution in [-0.2, 0) is 0 Å². The molecule has 1 aromatic rings. The molecule has 0 aromatic heterocycles. The van der Waals surface area contributed by atoms with E-state index in [9.17, 15) is 0 Å². The van der Waals surface area contributed by atoms with E-state index in [1.54, 1.807) is 6.20 Å². The summed E-state index contributed by atoms with van der Waals surface area (Å²) >= 11 is 5.77. The van der Waals surface area contributed by atoms with E-state index in [4.69, 9.17) is 17.3 Å². The molecule has 3 nitrogen and oxygen atoms in total. The first-order chi connectivity index (χ1) is 6.79. The summed E-state index contributed by atoms with van der Waals surface area (Å²) in [6.07, 6.45) is 1.68. The van der Waals surface area contributed by atoms with Crippen molar-refractivity contribution in [2.24, 2.45) is 10.7 Å². The average molecular weight is 207 g/mol. The molecule has 2 N–H and O–H groups in total. The summed E-state index contributed by atoms with van der Waals surface area (Å²) < 4.78 is 0. The Kier molecular flexibility index (Phi) is 2.52. The van der Waals surface area contributed by atoms with Crippen molar-refractivity contribution in [3.63, 3.8) is 0 Å². The predicted molar refractivity (Wildman–Crippen MR) is 57.3 cm³/mol. The van der Waals surface area contributed by atoms with Crippen molar-refractivity contribution in [3.05, 3.63) is 46.7 Å². The minimum Gasteiger partial charge on any atom is -0.325 e. The minimum absolute atomic E-state index is 0.417. The van der Waals surface area contributed by atoms with Crippen LogP contribution in [0.5, 0.6) is 0 Å². The number of benzene rings is 1. The highest BCUT2D eigenvalue weighted by molar-refractivity contribution is 6.30. The monoisotopic (exact) mass is 206 g/mol. The van der Waals surface area contributed by atoms with Gasteiger partial charge in [-0.2, -0.15) is 0 Å². The van der Waals surface area contributed by atoms with Gasteiger partial charge in [0.15, 0.2) is 5.84 Å². The molecule has 0 unspecified atom stereocenters. The second-order valence-corrected chi connectivity index (χ2v) is 3.33. The maximum Gasteiger partial charge on any atom is 0.159 e. The van der Waals surface area contributed by atoms with Gasteiger partial charge in [0.2, 0.25) is 0 Å². The zero-order chi connectivity index (χ0) is 9.97. The molecule has 0 saturated heterocycles. The molecule has 0 saturated carbocycles. The number of aliphatic imine (C=N–C) groups is 1. The van der Waals surface area contributed by atoms with Crippen molar-refractivity contribution in [2.75, 3.05) is 6.54 Å². The van der Waals surface area contributed by atoms with Gasteiger partial charge >= 0.3 is 0 Å². The predicted octanol–water partition coefficient (Wildman–Crippen LogP) is 1.50. The van der Waals surface area contributed by atoms with Gasteiger partial charge in [0.05, 0.1) is 11.9 Å². The molecule has 1 aromatic carbocycles. The molecule has 1 radical (unpaired) electrons. The van der Waals surface area contributed by atoms with Gasteiger partial charge in [-0.1, -0.05) is 11.6 Å². The quantitative estimate of drug-likeness (QED) is 0.784. The highest BCUT2D eigenvalue weighted by Crippen LogP contribution is 2.13. The molecule has 71 valence electrons. The molecule has 0 atom stereocenters. The fourth-order valence-corrected chi connectivity index (χ4v) is 1.29. The van der Waals surface area contributed by atoms with E-state index in [-0.39, 0.29) is 0 Å². The van der Waals surface area contributed by atoms with Crippen molar-refractivity contribution < 1.29 is 0 Å². The standard InChI is InChI=1S/C10H9ClN3/c11-8-3-1-7(2-4-8)10-13-6-9(5-12)14-10/h1-4,6H,5,12H2. The van der Waals surface area contributed by atoms with Crippen molar-refractivity contribution in [2.45, 2.75) is 0 Å². The summed E-state index contributed by atoms with van der Waals surface area (Å²) in [5, 5.41) is 4.86. The van der Waals surface area contributed by atoms with E-state index >= 15 is 0 Å². The van der Waals surface area contributed by atoms with Crippen LogP contribution in [0, 0.1) is 0 Å². The van der Waals surface area contributed by atoms with Gasteiger partial charge in [0.25, 0.3) is 0 Å². The summed E-state index contributed by atoms with van der Waals surface area (Å²) in [5.74, 6) is 0.696. The summed E-state index contributed by atoms with van der Waals surface area (Å²) in [6.45, 7) is 0.417. The second kappa shape index (κ2) is 3.82. The van der Waals surface area contributed by atoms with Crippen LogP contribution in [0.4, 0.5) is 0 Å². The number of rotatable bonds is 2. The van der Waals surface area contributed by atoms with Crippen LogP contribution in [0.3, 0.4) is 0 Å². The van der Waals surface area contributed by atoms with Crippen LogP contribution in [-0.4, -0.2) is 12.4 Å². The number of halogens is 1. The molecular formula is C10H9ClN3. The first-order valence-electron chi connectivity index (χ1n) is 4.24. The Hall–Kier alpha value is -1.32. The number of nitrogens with zero attached hydrogens (tertiary/aromatic N) is 2. The molecule has 0 amide bonds. The van der Waals surface area contributed by atoms with E-state index in [0.29, 0.717) is 17.4 Å². The van der Waals surface area contributed by atoms with Gasteiger partial charge in [0, 0.05) is 17.1 Å². The van der Waals surface area contributed by atoms with Crippen LogP contribution in [0.2, 0.25) is 5.02 Å². The summed E-state index contributed by atoms with van der Waals surface area (Å²) in [4.78, 5) is 4.25. The van der Waals surface area contributed by atoms with Crippen molar-refractivity contribution >= 4 is 17.4 Å². The maximum atomic E-state index is 5.77.